The molecule has 0 saturated heterocycles. The third-order valence-electron chi connectivity index (χ3n) is 4.80. The number of hydrogen-bond donors (Lipinski definition) is 2. The minimum Gasteiger partial charge on any atom is -0.501 e. The lowest BCUT2D eigenvalue weighted by atomic mass is 10.1. The molecule has 4 rings (SSSR count). The van der Waals surface area contributed by atoms with Gasteiger partial charge in [-0.1, -0.05) is 28.9 Å². The second-order valence-electron chi connectivity index (χ2n) is 7.32. The average Bonchev–Trinajstić information content (AvgIpc) is 3.18. The Bertz CT molecular complexity index is 1170. The highest BCUT2D eigenvalue weighted by Crippen LogP contribution is 2.27. The molecule has 1 amide bonds. The Labute approximate surface area is 176 Å². The van der Waals surface area contributed by atoms with Gasteiger partial charge in [-0.2, -0.15) is 0 Å². The summed E-state index contributed by atoms with van der Waals surface area (Å²) in [6.07, 6.45) is 0. The van der Waals surface area contributed by atoms with Crippen LogP contribution < -0.4 is 10.9 Å². The molecule has 0 unspecified atom stereocenters. The maximum absolute atomic E-state index is 12.6. The SMILES string of the molecule is CC1(C)OCCn2c1nc(C(=O)NCc1cc(-c3ccc(Cl)cc3)no1)c(O)c2=O. The summed E-state index contributed by atoms with van der Waals surface area (Å²) in [6, 6.07) is 8.75. The third kappa shape index (κ3) is 3.69. The fraction of sp³-hybridized carbons (Fsp3) is 0.300. The summed E-state index contributed by atoms with van der Waals surface area (Å²) in [6.45, 7) is 4.06. The first-order valence-electron chi connectivity index (χ1n) is 9.24. The first kappa shape index (κ1) is 20.1. The van der Waals surface area contributed by atoms with E-state index >= 15 is 0 Å². The number of hydrogen-bond acceptors (Lipinski definition) is 7. The molecular formula is C20H19ClN4O5. The van der Waals surface area contributed by atoms with Crippen LogP contribution in [0.4, 0.5) is 0 Å². The zero-order chi connectivity index (χ0) is 21.5. The largest absolute Gasteiger partial charge is 0.501 e. The minimum atomic E-state index is -0.863. The molecule has 0 atom stereocenters. The van der Waals surface area contributed by atoms with Gasteiger partial charge in [-0.3, -0.25) is 14.2 Å². The van der Waals surface area contributed by atoms with E-state index in [4.69, 9.17) is 20.9 Å². The van der Waals surface area contributed by atoms with Crippen molar-refractivity contribution in [1.29, 1.82) is 0 Å². The van der Waals surface area contributed by atoms with E-state index in [1.165, 1.54) is 4.57 Å². The van der Waals surface area contributed by atoms with Crippen LogP contribution in [-0.4, -0.2) is 32.3 Å². The normalized spacial score (nSPS) is 14.9. The lowest BCUT2D eigenvalue weighted by molar-refractivity contribution is -0.0566. The second-order valence-corrected chi connectivity index (χ2v) is 7.75. The zero-order valence-electron chi connectivity index (χ0n) is 16.3. The van der Waals surface area contributed by atoms with Gasteiger partial charge in [-0.15, -0.1) is 0 Å². The van der Waals surface area contributed by atoms with Crippen molar-refractivity contribution in [3.8, 4) is 17.0 Å². The summed E-state index contributed by atoms with van der Waals surface area (Å²) in [7, 11) is 0. The molecule has 1 aromatic carbocycles. The Morgan fingerprint density at radius 1 is 1.33 bits per heavy atom. The molecule has 30 heavy (non-hydrogen) atoms. The Morgan fingerprint density at radius 3 is 2.80 bits per heavy atom. The molecule has 0 bridgehead atoms. The third-order valence-corrected chi connectivity index (χ3v) is 5.05. The molecule has 10 heteroatoms. The summed E-state index contributed by atoms with van der Waals surface area (Å²) in [5, 5.41) is 17.4. The van der Waals surface area contributed by atoms with Gasteiger partial charge in [0.05, 0.1) is 19.7 Å². The van der Waals surface area contributed by atoms with Crippen molar-refractivity contribution in [2.45, 2.75) is 32.5 Å². The Morgan fingerprint density at radius 2 is 2.07 bits per heavy atom. The minimum absolute atomic E-state index is 0.00114. The molecule has 0 spiro atoms. The van der Waals surface area contributed by atoms with E-state index < -0.39 is 22.8 Å². The fourth-order valence-electron chi connectivity index (χ4n) is 3.23. The number of fused-ring (bicyclic) bond motifs is 1. The number of carbonyl (C=O) groups excluding carboxylic acids is 1. The second kappa shape index (κ2) is 7.58. The Kier molecular flexibility index (Phi) is 5.08. The summed E-state index contributed by atoms with van der Waals surface area (Å²) in [5.41, 5.74) is -0.500. The van der Waals surface area contributed by atoms with Crippen LogP contribution in [0.15, 0.2) is 39.6 Å². The molecule has 3 heterocycles. The number of rotatable bonds is 4. The van der Waals surface area contributed by atoms with Gasteiger partial charge < -0.3 is 19.7 Å². The molecule has 2 aromatic heterocycles. The van der Waals surface area contributed by atoms with Gasteiger partial charge in [0.1, 0.15) is 17.1 Å². The van der Waals surface area contributed by atoms with E-state index in [0.29, 0.717) is 23.1 Å². The van der Waals surface area contributed by atoms with E-state index in [0.717, 1.165) is 5.56 Å². The van der Waals surface area contributed by atoms with Crippen molar-refractivity contribution in [2.75, 3.05) is 6.61 Å². The topological polar surface area (TPSA) is 119 Å². The van der Waals surface area contributed by atoms with Crippen molar-refractivity contribution >= 4 is 17.5 Å². The molecule has 0 aliphatic carbocycles. The number of nitrogens with one attached hydrogen (secondary N) is 1. The van der Waals surface area contributed by atoms with E-state index in [-0.39, 0.29) is 24.6 Å². The van der Waals surface area contributed by atoms with E-state index in [1.54, 1.807) is 44.2 Å². The number of aromatic nitrogens is 3. The maximum Gasteiger partial charge on any atom is 0.296 e. The molecule has 9 nitrogen and oxygen atoms in total. The molecule has 0 radical (unpaired) electrons. The average molecular weight is 431 g/mol. The van der Waals surface area contributed by atoms with Gasteiger partial charge in [0.25, 0.3) is 11.5 Å². The number of benzene rings is 1. The van der Waals surface area contributed by atoms with E-state index in [9.17, 15) is 14.7 Å². The summed E-state index contributed by atoms with van der Waals surface area (Å²) in [4.78, 5) is 29.3. The number of aromatic hydroxyl groups is 1. The molecule has 3 aromatic rings. The maximum atomic E-state index is 12.6. The van der Waals surface area contributed by atoms with Crippen LogP contribution in [-0.2, 0) is 23.4 Å². The van der Waals surface area contributed by atoms with Crippen LogP contribution >= 0.6 is 11.6 Å². The predicted molar refractivity (Wildman–Crippen MR) is 107 cm³/mol. The molecule has 1 aliphatic rings. The van der Waals surface area contributed by atoms with Gasteiger partial charge in [-0.05, 0) is 26.0 Å². The van der Waals surface area contributed by atoms with Gasteiger partial charge in [0.15, 0.2) is 11.5 Å². The summed E-state index contributed by atoms with van der Waals surface area (Å²) in [5.74, 6) is -0.732. The smallest absolute Gasteiger partial charge is 0.296 e. The van der Waals surface area contributed by atoms with Crippen molar-refractivity contribution in [3.05, 3.63) is 63.0 Å². The van der Waals surface area contributed by atoms with Crippen LogP contribution in [0.1, 0.15) is 35.9 Å². The predicted octanol–water partition coefficient (Wildman–Crippen LogP) is 2.45. The number of ether oxygens (including phenoxy) is 1. The summed E-state index contributed by atoms with van der Waals surface area (Å²) >= 11 is 5.88. The highest BCUT2D eigenvalue weighted by Gasteiger charge is 2.34. The lowest BCUT2D eigenvalue weighted by Gasteiger charge is -2.32. The van der Waals surface area contributed by atoms with Crippen LogP contribution in [0.2, 0.25) is 5.02 Å². The number of halogens is 1. The van der Waals surface area contributed by atoms with Crippen LogP contribution in [0, 0.1) is 0 Å². The van der Waals surface area contributed by atoms with Crippen molar-refractivity contribution in [2.24, 2.45) is 0 Å². The van der Waals surface area contributed by atoms with E-state index in [1.807, 2.05) is 0 Å². The first-order chi connectivity index (χ1) is 14.3. The Balaban J connectivity index is 1.53. The van der Waals surface area contributed by atoms with Gasteiger partial charge in [0, 0.05) is 16.7 Å². The van der Waals surface area contributed by atoms with Crippen molar-refractivity contribution in [3.63, 3.8) is 0 Å². The van der Waals surface area contributed by atoms with Gasteiger partial charge in [-0.25, -0.2) is 4.98 Å². The molecular weight excluding hydrogens is 412 g/mol. The molecule has 0 saturated carbocycles. The summed E-state index contributed by atoms with van der Waals surface area (Å²) < 4.78 is 12.2. The molecule has 1 aliphatic heterocycles. The highest BCUT2D eigenvalue weighted by molar-refractivity contribution is 6.30. The number of amides is 1. The fourth-order valence-corrected chi connectivity index (χ4v) is 3.36. The van der Waals surface area contributed by atoms with Crippen LogP contribution in [0.3, 0.4) is 0 Å². The van der Waals surface area contributed by atoms with Gasteiger partial charge in [0.2, 0.25) is 5.75 Å². The number of carbonyl (C=O) groups is 1. The van der Waals surface area contributed by atoms with Gasteiger partial charge >= 0.3 is 0 Å². The number of nitrogens with zero attached hydrogens (tertiary/aromatic N) is 3. The Hall–Kier alpha value is -3.17. The monoisotopic (exact) mass is 430 g/mol. The molecule has 156 valence electrons. The van der Waals surface area contributed by atoms with Crippen molar-refractivity contribution < 1.29 is 19.2 Å². The lowest BCUT2D eigenvalue weighted by Crippen LogP contribution is -2.42. The molecule has 2 N–H and O–H groups in total. The van der Waals surface area contributed by atoms with Crippen LogP contribution in [0.5, 0.6) is 5.75 Å². The quantitative estimate of drug-likeness (QED) is 0.652. The van der Waals surface area contributed by atoms with Crippen LogP contribution in [0.25, 0.3) is 11.3 Å². The zero-order valence-corrected chi connectivity index (χ0v) is 17.1. The molecule has 0 fully saturated rings. The first-order valence-corrected chi connectivity index (χ1v) is 9.62. The standard InChI is InChI=1S/C20H19ClN4O5/c1-20(2)19-23-15(16(26)18(28)25(19)7-8-29-20)17(27)22-10-13-9-14(24-30-13)11-3-5-12(21)6-4-11/h3-6,9,26H,7-8,10H2,1-2H3,(H,22,27). The highest BCUT2D eigenvalue weighted by atomic mass is 35.5. The van der Waals surface area contributed by atoms with E-state index in [2.05, 4.69) is 15.5 Å². The van der Waals surface area contributed by atoms with Crippen molar-refractivity contribution in [1.82, 2.24) is 20.0 Å².